The first-order valence-corrected chi connectivity index (χ1v) is 11.1. The van der Waals surface area contributed by atoms with Crippen molar-refractivity contribution >= 4 is 51.4 Å². The summed E-state index contributed by atoms with van der Waals surface area (Å²) in [7, 11) is 0. The fourth-order valence-electron chi connectivity index (χ4n) is 3.49. The van der Waals surface area contributed by atoms with Crippen molar-refractivity contribution in [3.8, 4) is 0 Å². The number of rotatable bonds is 4. The number of benzene rings is 3. The van der Waals surface area contributed by atoms with Crippen LogP contribution in [0.3, 0.4) is 0 Å². The molecule has 0 unspecified atom stereocenters. The number of nitrogens with zero attached hydrogens (tertiary/aromatic N) is 4. The number of amides is 2. The Kier molecular flexibility index (Phi) is 5.50. The molecule has 0 aliphatic carbocycles. The lowest BCUT2D eigenvalue weighted by molar-refractivity contribution is -0.114. The number of thioether (sulfide) groups is 1. The third kappa shape index (κ3) is 4.04. The van der Waals surface area contributed by atoms with Gasteiger partial charge in [0.1, 0.15) is 5.03 Å². The van der Waals surface area contributed by atoms with Gasteiger partial charge in [-0.2, -0.15) is 15.2 Å². The number of para-hydroxylation sites is 3. The van der Waals surface area contributed by atoms with Crippen LogP contribution >= 0.6 is 11.8 Å². The lowest BCUT2D eigenvalue weighted by Crippen LogP contribution is -2.24. The van der Waals surface area contributed by atoms with Gasteiger partial charge in [-0.25, -0.2) is 5.01 Å². The van der Waals surface area contributed by atoms with E-state index in [0.717, 1.165) is 17.4 Å². The zero-order chi connectivity index (χ0) is 22.8. The second kappa shape index (κ2) is 8.76. The SMILES string of the molecule is CC1=NN(c2ccccc2)C(=O)C1=C1SC(C(=O)Nc2ccccc2)=NN1c1ccccc1. The van der Waals surface area contributed by atoms with E-state index in [1.807, 2.05) is 91.0 Å². The summed E-state index contributed by atoms with van der Waals surface area (Å²) in [5.41, 5.74) is 3.07. The fraction of sp³-hybridized carbons (Fsp3) is 0.0400. The van der Waals surface area contributed by atoms with E-state index < -0.39 is 0 Å². The third-order valence-corrected chi connectivity index (χ3v) is 6.07. The molecule has 7 nitrogen and oxygen atoms in total. The summed E-state index contributed by atoms with van der Waals surface area (Å²) >= 11 is 1.16. The van der Waals surface area contributed by atoms with Crippen LogP contribution in [0.5, 0.6) is 0 Å². The number of hydrogen-bond donors (Lipinski definition) is 1. The average Bonchev–Trinajstić information content (AvgIpc) is 3.41. The van der Waals surface area contributed by atoms with Crippen LogP contribution in [0.25, 0.3) is 0 Å². The molecule has 0 radical (unpaired) electrons. The number of carbonyl (C=O) groups is 2. The van der Waals surface area contributed by atoms with Crippen LogP contribution in [0.4, 0.5) is 17.1 Å². The van der Waals surface area contributed by atoms with E-state index in [9.17, 15) is 9.59 Å². The van der Waals surface area contributed by atoms with Gasteiger partial charge in [0.25, 0.3) is 11.8 Å². The number of nitrogens with one attached hydrogen (secondary N) is 1. The molecule has 0 atom stereocenters. The van der Waals surface area contributed by atoms with Crippen molar-refractivity contribution in [3.05, 3.63) is 102 Å². The summed E-state index contributed by atoms with van der Waals surface area (Å²) in [4.78, 5) is 26.4. The smallest absolute Gasteiger partial charge is 0.283 e. The number of hydrazone groups is 2. The molecule has 2 aliphatic heterocycles. The minimum Gasteiger partial charge on any atom is -0.320 e. The first-order chi connectivity index (χ1) is 16.1. The molecule has 2 heterocycles. The van der Waals surface area contributed by atoms with E-state index >= 15 is 0 Å². The van der Waals surface area contributed by atoms with Gasteiger partial charge < -0.3 is 5.32 Å². The highest BCUT2D eigenvalue weighted by molar-refractivity contribution is 8.19. The Hall–Kier alpha value is -4.17. The minimum absolute atomic E-state index is 0.240. The Balaban J connectivity index is 1.52. The predicted octanol–water partition coefficient (Wildman–Crippen LogP) is 4.83. The topological polar surface area (TPSA) is 77.4 Å². The van der Waals surface area contributed by atoms with Gasteiger partial charge in [-0.3, -0.25) is 9.59 Å². The zero-order valence-corrected chi connectivity index (χ0v) is 18.5. The van der Waals surface area contributed by atoms with Crippen molar-refractivity contribution in [2.45, 2.75) is 6.92 Å². The third-order valence-electron chi connectivity index (χ3n) is 5.04. The molecule has 0 saturated carbocycles. The maximum atomic E-state index is 13.4. The highest BCUT2D eigenvalue weighted by atomic mass is 32.2. The second-order valence-corrected chi connectivity index (χ2v) is 8.27. The van der Waals surface area contributed by atoms with E-state index in [4.69, 9.17) is 0 Å². The first kappa shape index (κ1) is 20.7. The van der Waals surface area contributed by atoms with Gasteiger partial charge in [0.2, 0.25) is 0 Å². The highest BCUT2D eigenvalue weighted by Crippen LogP contribution is 2.39. The molecule has 0 spiro atoms. The molecule has 3 aromatic rings. The normalized spacial score (nSPS) is 17.8. The van der Waals surface area contributed by atoms with Gasteiger partial charge in [0, 0.05) is 5.69 Å². The summed E-state index contributed by atoms with van der Waals surface area (Å²) in [5, 5.41) is 15.7. The maximum absolute atomic E-state index is 13.4. The molecule has 3 aromatic carbocycles. The lowest BCUT2D eigenvalue weighted by Gasteiger charge is -2.17. The van der Waals surface area contributed by atoms with Crippen molar-refractivity contribution in [1.29, 1.82) is 0 Å². The van der Waals surface area contributed by atoms with Gasteiger partial charge in [0.15, 0.2) is 5.04 Å². The van der Waals surface area contributed by atoms with Crippen molar-refractivity contribution in [2.24, 2.45) is 10.2 Å². The Morgan fingerprint density at radius 2 is 1.33 bits per heavy atom. The summed E-state index contributed by atoms with van der Waals surface area (Å²) < 4.78 is 0. The van der Waals surface area contributed by atoms with Gasteiger partial charge in [-0.05, 0) is 55.1 Å². The fourth-order valence-corrected chi connectivity index (χ4v) is 4.51. The Bertz CT molecular complexity index is 1300. The molecule has 1 N–H and O–H groups in total. The van der Waals surface area contributed by atoms with Crippen LogP contribution in [-0.2, 0) is 9.59 Å². The van der Waals surface area contributed by atoms with E-state index in [0.29, 0.717) is 27.7 Å². The van der Waals surface area contributed by atoms with Crippen LogP contribution in [0.1, 0.15) is 6.92 Å². The highest BCUT2D eigenvalue weighted by Gasteiger charge is 2.38. The Morgan fingerprint density at radius 1 is 0.788 bits per heavy atom. The minimum atomic E-state index is -0.345. The molecule has 162 valence electrons. The summed E-state index contributed by atoms with van der Waals surface area (Å²) in [6, 6.07) is 27.9. The van der Waals surface area contributed by atoms with Crippen LogP contribution in [-0.4, -0.2) is 22.6 Å². The van der Waals surface area contributed by atoms with E-state index in [1.54, 1.807) is 11.9 Å². The molecular formula is C25H19N5O2S. The molecule has 0 saturated heterocycles. The van der Waals surface area contributed by atoms with Crippen molar-refractivity contribution < 1.29 is 9.59 Å². The summed E-state index contributed by atoms with van der Waals surface area (Å²) in [6.07, 6.45) is 0. The van der Waals surface area contributed by atoms with Crippen molar-refractivity contribution in [2.75, 3.05) is 15.3 Å². The largest absolute Gasteiger partial charge is 0.320 e. The molecule has 0 aromatic heterocycles. The van der Waals surface area contributed by atoms with Gasteiger partial charge in [-0.1, -0.05) is 54.6 Å². The van der Waals surface area contributed by atoms with Crippen LogP contribution in [0, 0.1) is 0 Å². The molecule has 2 amide bonds. The number of carbonyl (C=O) groups excluding carboxylic acids is 2. The maximum Gasteiger partial charge on any atom is 0.283 e. The Morgan fingerprint density at radius 3 is 1.94 bits per heavy atom. The molecule has 8 heteroatoms. The first-order valence-electron chi connectivity index (χ1n) is 10.3. The predicted molar refractivity (Wildman–Crippen MR) is 133 cm³/mol. The van der Waals surface area contributed by atoms with Crippen molar-refractivity contribution in [3.63, 3.8) is 0 Å². The van der Waals surface area contributed by atoms with Crippen molar-refractivity contribution in [1.82, 2.24) is 0 Å². The van der Waals surface area contributed by atoms with Crippen LogP contribution in [0.15, 0.2) is 112 Å². The van der Waals surface area contributed by atoms with Gasteiger partial charge in [-0.15, -0.1) is 0 Å². The number of hydrogen-bond acceptors (Lipinski definition) is 6. The standard InChI is InChI=1S/C25H19N5O2S/c1-17-21(24(32)29(27-17)19-13-7-3-8-14-19)25-30(20-15-9-4-10-16-20)28-23(33-25)22(31)26-18-11-5-2-6-12-18/h2-16H,1H3,(H,26,31). The monoisotopic (exact) mass is 453 g/mol. The van der Waals surface area contributed by atoms with E-state index in [2.05, 4.69) is 15.5 Å². The molecule has 2 aliphatic rings. The molecular weight excluding hydrogens is 434 g/mol. The quantitative estimate of drug-likeness (QED) is 0.574. The Labute approximate surface area is 195 Å². The average molecular weight is 454 g/mol. The lowest BCUT2D eigenvalue weighted by atomic mass is 10.2. The zero-order valence-electron chi connectivity index (χ0n) is 17.7. The van der Waals surface area contributed by atoms with Gasteiger partial charge >= 0.3 is 0 Å². The van der Waals surface area contributed by atoms with E-state index in [-0.39, 0.29) is 16.9 Å². The molecule has 33 heavy (non-hydrogen) atoms. The number of anilines is 3. The van der Waals surface area contributed by atoms with Gasteiger partial charge in [0.05, 0.1) is 22.7 Å². The second-order valence-electron chi connectivity index (χ2n) is 7.29. The molecule has 0 bridgehead atoms. The van der Waals surface area contributed by atoms with Crippen LogP contribution < -0.4 is 15.3 Å². The van der Waals surface area contributed by atoms with Crippen LogP contribution in [0.2, 0.25) is 0 Å². The van der Waals surface area contributed by atoms with E-state index in [1.165, 1.54) is 5.01 Å². The summed E-state index contributed by atoms with van der Waals surface area (Å²) in [6.45, 7) is 1.79. The molecule has 0 fully saturated rings. The summed E-state index contributed by atoms with van der Waals surface area (Å²) in [5.74, 6) is -0.607. The molecule has 5 rings (SSSR count).